The molecule has 4 rings (SSSR count). The molecule has 38 heavy (non-hydrogen) atoms. The molecule has 1 aromatic heterocycles. The first kappa shape index (κ1) is 27.0. The van der Waals surface area contributed by atoms with Crippen LogP contribution < -0.4 is 16.0 Å². The minimum atomic E-state index is -0.856. The zero-order chi connectivity index (χ0) is 27.1. The summed E-state index contributed by atoms with van der Waals surface area (Å²) in [6.07, 6.45) is -0.729. The minimum absolute atomic E-state index is 0.00864. The summed E-state index contributed by atoms with van der Waals surface area (Å²) in [4.78, 5) is 40.2. The Labute approximate surface area is 220 Å². The molecule has 0 aliphatic carbocycles. The van der Waals surface area contributed by atoms with Gasteiger partial charge >= 0.3 is 12.2 Å². The normalized spacial score (nSPS) is 15.4. The summed E-state index contributed by atoms with van der Waals surface area (Å²) >= 11 is 5.92. The molecule has 3 N–H and O–H groups in total. The summed E-state index contributed by atoms with van der Waals surface area (Å²) in [5, 5.41) is 9.21. The number of cyclic esters (lactones) is 2. The van der Waals surface area contributed by atoms with Crippen LogP contribution in [0.1, 0.15) is 12.0 Å². The van der Waals surface area contributed by atoms with Gasteiger partial charge in [0.25, 0.3) is 0 Å². The number of ether oxygens (including phenoxy) is 3. The summed E-state index contributed by atoms with van der Waals surface area (Å²) in [7, 11) is 0. The monoisotopic (exact) mass is 548 g/mol. The molecule has 10 nitrogen and oxygen atoms in total. The van der Waals surface area contributed by atoms with E-state index in [1.54, 1.807) is 12.1 Å². The fraction of sp³-hybridized carbons (Fsp3) is 0.280. The van der Waals surface area contributed by atoms with Gasteiger partial charge in [0.05, 0.1) is 17.6 Å². The molecule has 0 radical (unpaired) electrons. The Morgan fingerprint density at radius 2 is 2.03 bits per heavy atom. The molecule has 2 heterocycles. The van der Waals surface area contributed by atoms with Gasteiger partial charge < -0.3 is 24.8 Å². The van der Waals surface area contributed by atoms with Crippen LogP contribution in [0.4, 0.5) is 24.2 Å². The summed E-state index contributed by atoms with van der Waals surface area (Å²) in [5.74, 6) is -1.30. The predicted octanol–water partition coefficient (Wildman–Crippen LogP) is 3.92. The van der Waals surface area contributed by atoms with E-state index in [2.05, 4.69) is 20.9 Å². The van der Waals surface area contributed by atoms with Crippen LogP contribution >= 0.6 is 11.6 Å². The lowest BCUT2D eigenvalue weighted by Crippen LogP contribution is -2.45. The van der Waals surface area contributed by atoms with Gasteiger partial charge in [-0.2, -0.15) is 0 Å². The van der Waals surface area contributed by atoms with E-state index in [1.165, 1.54) is 36.5 Å². The Morgan fingerprint density at radius 3 is 2.82 bits per heavy atom. The number of hydrogen-bond acceptors (Lipinski definition) is 8. The van der Waals surface area contributed by atoms with Gasteiger partial charge in [0.15, 0.2) is 0 Å². The Morgan fingerprint density at radius 1 is 1.18 bits per heavy atom. The first-order valence-electron chi connectivity index (χ1n) is 11.5. The van der Waals surface area contributed by atoms with E-state index in [1.807, 2.05) is 0 Å². The number of nitrogens with zero attached hydrogens (tertiary/aromatic N) is 1. The van der Waals surface area contributed by atoms with Gasteiger partial charge in [0, 0.05) is 24.5 Å². The molecule has 0 spiro atoms. The van der Waals surface area contributed by atoms with E-state index >= 15 is 0 Å². The number of aromatic nitrogens is 1. The number of benzene rings is 2. The van der Waals surface area contributed by atoms with Gasteiger partial charge in [-0.3, -0.25) is 10.1 Å². The van der Waals surface area contributed by atoms with E-state index in [-0.39, 0.29) is 43.6 Å². The Bertz CT molecular complexity index is 1340. The molecule has 2 amide bonds. The lowest BCUT2D eigenvalue weighted by molar-refractivity contribution is -0.121. The molecular weight excluding hydrogens is 526 g/mol. The van der Waals surface area contributed by atoms with Crippen molar-refractivity contribution in [3.05, 3.63) is 70.9 Å². The predicted molar refractivity (Wildman–Crippen MR) is 133 cm³/mol. The number of rotatable bonds is 10. The second-order valence-corrected chi connectivity index (χ2v) is 8.78. The number of fused-ring (bicyclic) bond motifs is 1. The van der Waals surface area contributed by atoms with E-state index in [4.69, 9.17) is 25.8 Å². The maximum atomic E-state index is 13.6. The van der Waals surface area contributed by atoms with Crippen molar-refractivity contribution in [3.63, 3.8) is 0 Å². The number of pyridine rings is 1. The summed E-state index contributed by atoms with van der Waals surface area (Å²) in [6.45, 7) is -0.271. The van der Waals surface area contributed by atoms with Crippen molar-refractivity contribution in [1.82, 2.24) is 15.6 Å². The lowest BCUT2D eigenvalue weighted by Gasteiger charge is -2.21. The number of carbonyl (C=O) groups is 3. The third kappa shape index (κ3) is 7.49. The van der Waals surface area contributed by atoms with Crippen molar-refractivity contribution < 1.29 is 37.4 Å². The maximum Gasteiger partial charge on any atom is 0.508 e. The van der Waals surface area contributed by atoms with Gasteiger partial charge in [-0.05, 0) is 41.3 Å². The zero-order valence-electron chi connectivity index (χ0n) is 19.8. The molecule has 1 aliphatic rings. The molecule has 2 aromatic carbocycles. The smallest absolute Gasteiger partial charge is 0.447 e. The molecule has 0 saturated carbocycles. The van der Waals surface area contributed by atoms with Gasteiger partial charge in [0.2, 0.25) is 5.91 Å². The van der Waals surface area contributed by atoms with E-state index in [9.17, 15) is 23.2 Å². The number of amides is 2. The topological polar surface area (TPSA) is 128 Å². The highest BCUT2D eigenvalue weighted by atomic mass is 35.5. The molecule has 1 saturated heterocycles. The second kappa shape index (κ2) is 12.5. The molecule has 0 unspecified atom stereocenters. The quantitative estimate of drug-likeness (QED) is 0.325. The number of hydrogen-bond donors (Lipinski definition) is 3. The average molecular weight is 549 g/mol. The average Bonchev–Trinajstić information content (AvgIpc) is 3.29. The Hall–Kier alpha value is -4.03. The summed E-state index contributed by atoms with van der Waals surface area (Å²) in [6, 6.07) is 9.30. The van der Waals surface area contributed by atoms with Gasteiger partial charge in [0.1, 0.15) is 36.8 Å². The third-order valence-corrected chi connectivity index (χ3v) is 5.95. The highest BCUT2D eigenvalue weighted by molar-refractivity contribution is 6.31. The molecular formula is C25H23ClF2N4O6. The van der Waals surface area contributed by atoms with Crippen LogP contribution in [0.5, 0.6) is 0 Å². The minimum Gasteiger partial charge on any atom is -0.447 e. The molecule has 200 valence electrons. The van der Waals surface area contributed by atoms with Gasteiger partial charge in [-0.25, -0.2) is 23.4 Å². The van der Waals surface area contributed by atoms with E-state index in [0.29, 0.717) is 16.3 Å². The highest BCUT2D eigenvalue weighted by Crippen LogP contribution is 2.20. The van der Waals surface area contributed by atoms with Crippen LogP contribution in [-0.4, -0.2) is 55.0 Å². The largest absolute Gasteiger partial charge is 0.508 e. The lowest BCUT2D eigenvalue weighted by atomic mass is 10.1. The Balaban J connectivity index is 1.30. The van der Waals surface area contributed by atoms with Gasteiger partial charge in [-0.1, -0.05) is 23.7 Å². The van der Waals surface area contributed by atoms with Crippen LogP contribution in [0.25, 0.3) is 10.8 Å². The molecule has 13 heteroatoms. The van der Waals surface area contributed by atoms with Gasteiger partial charge in [-0.15, -0.1) is 0 Å². The summed E-state index contributed by atoms with van der Waals surface area (Å²) in [5.41, 5.74) is 0.482. The maximum absolute atomic E-state index is 13.6. The van der Waals surface area contributed by atoms with Crippen LogP contribution in [-0.2, 0) is 25.5 Å². The summed E-state index contributed by atoms with van der Waals surface area (Å²) < 4.78 is 42.1. The standard InChI is InChI=1S/C25H23ClF2N4O6/c26-23-15(2-1-3-20(23)28)9-29-11-22(33)31-18(8-19-13-37-25(35)38-19)12-36-24(34)32-21-7-16-6-17(27)5-4-14(16)10-30-21/h1-7,10,18-19,29H,8-9,11-13H2,(H,31,33)(H,30,32,34)/t18-,19+/m1/s1. The van der Waals surface area contributed by atoms with Crippen LogP contribution in [0.15, 0.2) is 48.7 Å². The van der Waals surface area contributed by atoms with Crippen LogP contribution in [0.2, 0.25) is 5.02 Å². The third-order valence-electron chi connectivity index (χ3n) is 5.52. The second-order valence-electron chi connectivity index (χ2n) is 8.40. The highest BCUT2D eigenvalue weighted by Gasteiger charge is 2.29. The van der Waals surface area contributed by atoms with Crippen molar-refractivity contribution in [3.8, 4) is 0 Å². The SMILES string of the molecule is O=C(CNCc1cccc(F)c1Cl)N[C@@H](COC(=O)Nc1cc2cc(F)ccc2cn1)C[C@H]1COC(=O)O1. The molecule has 3 aromatic rings. The first-order valence-corrected chi connectivity index (χ1v) is 11.9. The fourth-order valence-electron chi connectivity index (χ4n) is 3.74. The molecule has 1 fully saturated rings. The van der Waals surface area contributed by atoms with E-state index < -0.39 is 41.9 Å². The molecule has 2 atom stereocenters. The van der Waals surface area contributed by atoms with Crippen LogP contribution in [0, 0.1) is 11.6 Å². The van der Waals surface area contributed by atoms with E-state index in [0.717, 1.165) is 0 Å². The zero-order valence-corrected chi connectivity index (χ0v) is 20.6. The number of anilines is 1. The van der Waals surface area contributed by atoms with Crippen molar-refractivity contribution in [2.45, 2.75) is 25.1 Å². The van der Waals surface area contributed by atoms with Crippen molar-refractivity contribution >= 4 is 46.3 Å². The number of carbonyl (C=O) groups excluding carboxylic acids is 3. The van der Waals surface area contributed by atoms with Crippen molar-refractivity contribution in [2.24, 2.45) is 0 Å². The fourth-order valence-corrected chi connectivity index (χ4v) is 3.93. The van der Waals surface area contributed by atoms with Crippen molar-refractivity contribution in [1.29, 1.82) is 0 Å². The first-order chi connectivity index (χ1) is 18.3. The van der Waals surface area contributed by atoms with Crippen molar-refractivity contribution in [2.75, 3.05) is 25.1 Å². The number of nitrogens with one attached hydrogen (secondary N) is 3. The molecule has 0 bridgehead atoms. The number of halogens is 3. The van der Waals surface area contributed by atoms with Crippen LogP contribution in [0.3, 0.4) is 0 Å². The molecule has 1 aliphatic heterocycles. The Kier molecular flexibility index (Phi) is 8.87.